The second-order valence-corrected chi connectivity index (χ2v) is 7.38. The molecule has 10 nitrogen and oxygen atoms in total. The third kappa shape index (κ3) is 6.23. The topological polar surface area (TPSA) is 124 Å². The van der Waals surface area contributed by atoms with Crippen LogP contribution in [0.15, 0.2) is 60.7 Å². The summed E-state index contributed by atoms with van der Waals surface area (Å²) in [6.45, 7) is -0.143. The van der Waals surface area contributed by atoms with Crippen molar-refractivity contribution in [1.82, 2.24) is 0 Å². The lowest BCUT2D eigenvalue weighted by atomic mass is 10.1. The molecule has 0 spiro atoms. The van der Waals surface area contributed by atoms with E-state index in [2.05, 4.69) is 16.0 Å². The van der Waals surface area contributed by atoms with Gasteiger partial charge in [-0.2, -0.15) is 0 Å². The highest BCUT2D eigenvalue weighted by Gasteiger charge is 2.18. The van der Waals surface area contributed by atoms with Crippen molar-refractivity contribution in [2.45, 2.75) is 0 Å². The molecule has 36 heavy (non-hydrogen) atoms. The van der Waals surface area contributed by atoms with Crippen LogP contribution in [-0.2, 0) is 9.53 Å². The summed E-state index contributed by atoms with van der Waals surface area (Å²) in [5, 5.41) is 8.45. The van der Waals surface area contributed by atoms with Gasteiger partial charge in [0, 0.05) is 23.4 Å². The quantitative estimate of drug-likeness (QED) is 0.364. The second kappa shape index (κ2) is 12.1. The van der Waals surface area contributed by atoms with Crippen LogP contribution in [0.1, 0.15) is 20.7 Å². The molecule has 3 aromatic carbocycles. The Bertz CT molecular complexity index is 1240. The number of methoxy groups -OCH3 is 4. The van der Waals surface area contributed by atoms with Crippen molar-refractivity contribution >= 4 is 34.8 Å². The number of carbonyl (C=O) groups is 3. The number of rotatable bonds is 10. The molecule has 2 amide bonds. The Hall–Kier alpha value is -4.73. The number of benzene rings is 3. The van der Waals surface area contributed by atoms with E-state index in [9.17, 15) is 14.4 Å². The molecule has 3 N–H and O–H groups in total. The SMILES string of the molecule is COC(=O)c1cc(OC)c(OC)cc1NCC(=O)Nc1ccc(C(=O)Nc2ccccc2OC)cc1. The molecule has 0 aliphatic carbocycles. The van der Waals surface area contributed by atoms with Gasteiger partial charge in [0.2, 0.25) is 5.91 Å². The molecule has 0 saturated carbocycles. The van der Waals surface area contributed by atoms with Gasteiger partial charge in [-0.1, -0.05) is 12.1 Å². The monoisotopic (exact) mass is 493 g/mol. The van der Waals surface area contributed by atoms with Gasteiger partial charge in [-0.15, -0.1) is 0 Å². The van der Waals surface area contributed by atoms with Crippen molar-refractivity contribution in [2.24, 2.45) is 0 Å². The number of hydrogen-bond acceptors (Lipinski definition) is 8. The Balaban J connectivity index is 1.63. The van der Waals surface area contributed by atoms with Gasteiger partial charge in [0.05, 0.1) is 51.9 Å². The Morgan fingerprint density at radius 2 is 1.36 bits per heavy atom. The summed E-state index contributed by atoms with van der Waals surface area (Å²) in [6, 6.07) is 16.5. The van der Waals surface area contributed by atoms with Gasteiger partial charge in [0.25, 0.3) is 5.91 Å². The molecule has 0 radical (unpaired) electrons. The molecule has 3 aromatic rings. The first-order valence-corrected chi connectivity index (χ1v) is 10.8. The predicted molar refractivity (Wildman–Crippen MR) is 135 cm³/mol. The Kier molecular flexibility index (Phi) is 8.71. The molecular formula is C26H27N3O7. The van der Waals surface area contributed by atoms with Crippen molar-refractivity contribution in [3.05, 3.63) is 71.8 Å². The predicted octanol–water partition coefficient (Wildman–Crippen LogP) is 3.80. The van der Waals surface area contributed by atoms with E-state index in [-0.39, 0.29) is 23.9 Å². The summed E-state index contributed by atoms with van der Waals surface area (Å²) in [4.78, 5) is 37.2. The molecule has 0 aliphatic heterocycles. The standard InChI is InChI=1S/C26H27N3O7/c1-33-21-8-6-5-7-19(21)29-25(31)16-9-11-17(12-10-16)28-24(30)15-27-20-14-23(35-3)22(34-2)13-18(20)26(32)36-4/h5-14,27H,15H2,1-4H3,(H,28,30)(H,29,31). The zero-order chi connectivity index (χ0) is 26.1. The van der Waals surface area contributed by atoms with Crippen LogP contribution in [0.4, 0.5) is 17.1 Å². The van der Waals surface area contributed by atoms with E-state index in [0.29, 0.717) is 39.9 Å². The van der Waals surface area contributed by atoms with Gasteiger partial charge in [-0.25, -0.2) is 4.79 Å². The molecule has 0 atom stereocenters. The van der Waals surface area contributed by atoms with Gasteiger partial charge < -0.3 is 34.9 Å². The zero-order valence-corrected chi connectivity index (χ0v) is 20.3. The van der Waals surface area contributed by atoms with Gasteiger partial charge >= 0.3 is 5.97 Å². The molecule has 10 heteroatoms. The van der Waals surface area contributed by atoms with E-state index in [4.69, 9.17) is 18.9 Å². The lowest BCUT2D eigenvalue weighted by molar-refractivity contribution is -0.114. The summed E-state index contributed by atoms with van der Waals surface area (Å²) >= 11 is 0. The van der Waals surface area contributed by atoms with Gasteiger partial charge in [-0.05, 0) is 36.4 Å². The maximum absolute atomic E-state index is 12.6. The minimum absolute atomic E-state index is 0.143. The number of amides is 2. The number of anilines is 3. The van der Waals surface area contributed by atoms with E-state index in [1.165, 1.54) is 34.5 Å². The maximum atomic E-state index is 12.6. The van der Waals surface area contributed by atoms with Crippen LogP contribution in [0.25, 0.3) is 0 Å². The van der Waals surface area contributed by atoms with Crippen molar-refractivity contribution < 1.29 is 33.3 Å². The van der Waals surface area contributed by atoms with Crippen LogP contribution in [0.3, 0.4) is 0 Å². The van der Waals surface area contributed by atoms with Crippen LogP contribution in [0.5, 0.6) is 17.2 Å². The largest absolute Gasteiger partial charge is 0.495 e. The van der Waals surface area contributed by atoms with Crippen LogP contribution in [-0.4, -0.2) is 52.8 Å². The summed E-state index contributed by atoms with van der Waals surface area (Å²) in [5.41, 5.74) is 1.99. The molecule has 0 bridgehead atoms. The molecule has 0 aromatic heterocycles. The van der Waals surface area contributed by atoms with Crippen LogP contribution < -0.4 is 30.2 Å². The van der Waals surface area contributed by atoms with Crippen LogP contribution >= 0.6 is 0 Å². The van der Waals surface area contributed by atoms with E-state index in [0.717, 1.165) is 0 Å². The van der Waals surface area contributed by atoms with Crippen molar-refractivity contribution in [3.8, 4) is 17.2 Å². The van der Waals surface area contributed by atoms with Crippen molar-refractivity contribution in [1.29, 1.82) is 0 Å². The Morgan fingerprint density at radius 1 is 0.722 bits per heavy atom. The zero-order valence-electron chi connectivity index (χ0n) is 20.3. The summed E-state index contributed by atoms with van der Waals surface area (Å²) in [5.74, 6) is 0.000338. The summed E-state index contributed by atoms with van der Waals surface area (Å²) in [6.07, 6.45) is 0. The molecule has 3 rings (SSSR count). The lowest BCUT2D eigenvalue weighted by Crippen LogP contribution is -2.23. The molecule has 0 heterocycles. The third-order valence-corrected chi connectivity index (χ3v) is 5.15. The summed E-state index contributed by atoms with van der Waals surface area (Å²) < 4.78 is 20.6. The molecule has 0 fully saturated rings. The first-order chi connectivity index (χ1) is 17.4. The molecular weight excluding hydrogens is 466 g/mol. The number of esters is 1. The van der Waals surface area contributed by atoms with E-state index in [1.807, 2.05) is 6.07 Å². The number of para-hydroxylation sites is 2. The Labute approximate surface area is 208 Å². The van der Waals surface area contributed by atoms with Crippen molar-refractivity contribution in [2.75, 3.05) is 50.9 Å². The first kappa shape index (κ1) is 25.9. The molecule has 0 unspecified atom stereocenters. The number of carbonyl (C=O) groups excluding carboxylic acids is 3. The number of ether oxygens (including phenoxy) is 4. The normalized spacial score (nSPS) is 10.1. The van der Waals surface area contributed by atoms with Crippen molar-refractivity contribution in [3.63, 3.8) is 0 Å². The fraction of sp³-hybridized carbons (Fsp3) is 0.192. The maximum Gasteiger partial charge on any atom is 0.340 e. The first-order valence-electron chi connectivity index (χ1n) is 10.8. The summed E-state index contributed by atoms with van der Waals surface area (Å²) in [7, 11) is 5.70. The van der Waals surface area contributed by atoms with Gasteiger partial charge in [0.15, 0.2) is 11.5 Å². The lowest BCUT2D eigenvalue weighted by Gasteiger charge is -2.15. The Morgan fingerprint density at radius 3 is 2.00 bits per heavy atom. The molecule has 188 valence electrons. The second-order valence-electron chi connectivity index (χ2n) is 7.38. The smallest absolute Gasteiger partial charge is 0.340 e. The highest BCUT2D eigenvalue weighted by atomic mass is 16.5. The minimum atomic E-state index is -0.596. The van der Waals surface area contributed by atoms with Crippen LogP contribution in [0.2, 0.25) is 0 Å². The van der Waals surface area contributed by atoms with Gasteiger partial charge in [-0.3, -0.25) is 9.59 Å². The van der Waals surface area contributed by atoms with E-state index >= 15 is 0 Å². The van der Waals surface area contributed by atoms with Gasteiger partial charge in [0.1, 0.15) is 5.75 Å². The van der Waals surface area contributed by atoms with Crippen LogP contribution in [0, 0.1) is 0 Å². The van der Waals surface area contributed by atoms with E-state index < -0.39 is 5.97 Å². The average Bonchev–Trinajstić information content (AvgIpc) is 2.91. The fourth-order valence-electron chi connectivity index (χ4n) is 3.33. The average molecular weight is 494 g/mol. The third-order valence-electron chi connectivity index (χ3n) is 5.15. The van der Waals surface area contributed by atoms with E-state index in [1.54, 1.807) is 48.5 Å². The number of hydrogen-bond donors (Lipinski definition) is 3. The molecule has 0 aliphatic rings. The highest BCUT2D eigenvalue weighted by molar-refractivity contribution is 6.05. The molecule has 0 saturated heterocycles. The fourth-order valence-corrected chi connectivity index (χ4v) is 3.33. The number of nitrogens with one attached hydrogen (secondary N) is 3. The minimum Gasteiger partial charge on any atom is -0.495 e. The highest BCUT2D eigenvalue weighted by Crippen LogP contribution is 2.33.